The third kappa shape index (κ3) is 2.62. The van der Waals surface area contributed by atoms with Gasteiger partial charge in [-0.1, -0.05) is 67.3 Å². The summed E-state index contributed by atoms with van der Waals surface area (Å²) >= 11 is 5.48. The topological polar surface area (TPSA) is 0 Å². The molecule has 3 rings (SSSR count). The Kier molecular flexibility index (Phi) is 3.86. The molecule has 0 aliphatic rings. The first-order chi connectivity index (χ1) is 9.78. The molecule has 20 heavy (non-hydrogen) atoms. The maximum Gasteiger partial charge on any atom is 0.0491 e. The Labute approximate surface area is 131 Å². The molecule has 3 aromatic rings. The minimum absolute atomic E-state index is 1.14. The van der Waals surface area contributed by atoms with Crippen LogP contribution in [0.3, 0.4) is 0 Å². The lowest BCUT2D eigenvalue weighted by atomic mass is 10.1. The Bertz CT molecular complexity index is 724. The summed E-state index contributed by atoms with van der Waals surface area (Å²) in [5.74, 6) is 0. The third-order valence-electron chi connectivity index (χ3n) is 3.15. The maximum atomic E-state index is 3.79. The van der Waals surface area contributed by atoms with Gasteiger partial charge in [0.15, 0.2) is 0 Å². The predicted molar refractivity (Wildman–Crippen MR) is 93.0 cm³/mol. The molecule has 0 saturated heterocycles. The lowest BCUT2D eigenvalue weighted by Crippen LogP contribution is -1.74. The first-order valence-corrected chi connectivity index (χ1v) is 7.96. The van der Waals surface area contributed by atoms with Crippen molar-refractivity contribution in [2.24, 2.45) is 0 Å². The number of hydrogen-bond acceptors (Lipinski definition) is 1. The van der Waals surface area contributed by atoms with Crippen LogP contribution in [0.25, 0.3) is 27.0 Å². The molecular weight excluding hydrogens is 328 g/mol. The summed E-state index contributed by atoms with van der Waals surface area (Å²) in [7, 11) is 0. The fraction of sp³-hybridized carbons (Fsp3) is 0. The van der Waals surface area contributed by atoms with Crippen LogP contribution >= 0.6 is 27.3 Å². The number of hydrogen-bond donors (Lipinski definition) is 0. The first kappa shape index (κ1) is 13.3. The van der Waals surface area contributed by atoms with Crippen molar-refractivity contribution in [1.29, 1.82) is 0 Å². The molecule has 0 aliphatic carbocycles. The van der Waals surface area contributed by atoms with Gasteiger partial charge in [-0.2, -0.15) is 0 Å². The smallest absolute Gasteiger partial charge is 0.0491 e. The quantitative estimate of drug-likeness (QED) is 0.511. The van der Waals surface area contributed by atoms with Gasteiger partial charge in [0, 0.05) is 14.2 Å². The van der Waals surface area contributed by atoms with Crippen molar-refractivity contribution in [3.05, 3.63) is 77.3 Å². The van der Waals surface area contributed by atoms with Crippen molar-refractivity contribution in [3.63, 3.8) is 0 Å². The largest absolute Gasteiger partial charge is 0.134 e. The van der Waals surface area contributed by atoms with Crippen LogP contribution in [0.15, 0.2) is 71.7 Å². The van der Waals surface area contributed by atoms with E-state index >= 15 is 0 Å². The van der Waals surface area contributed by atoms with Crippen LogP contribution in [0, 0.1) is 0 Å². The van der Waals surface area contributed by atoms with Crippen LogP contribution in [-0.4, -0.2) is 0 Å². The van der Waals surface area contributed by atoms with E-state index in [9.17, 15) is 0 Å². The number of benzene rings is 2. The van der Waals surface area contributed by atoms with Crippen molar-refractivity contribution in [1.82, 2.24) is 0 Å². The van der Waals surface area contributed by atoms with Crippen LogP contribution in [0.5, 0.6) is 0 Å². The van der Waals surface area contributed by atoms with E-state index in [0.29, 0.717) is 0 Å². The van der Waals surface area contributed by atoms with Gasteiger partial charge in [0.05, 0.1) is 0 Å². The van der Waals surface area contributed by atoms with Crippen LogP contribution in [0.2, 0.25) is 0 Å². The predicted octanol–water partition coefficient (Wildman–Crippen LogP) is 6.49. The van der Waals surface area contributed by atoms with Crippen LogP contribution < -0.4 is 0 Å². The Morgan fingerprint density at radius 3 is 2.25 bits per heavy atom. The zero-order chi connectivity index (χ0) is 13.9. The Morgan fingerprint density at radius 2 is 1.60 bits per heavy atom. The van der Waals surface area contributed by atoms with Crippen molar-refractivity contribution in [2.45, 2.75) is 0 Å². The fourth-order valence-electron chi connectivity index (χ4n) is 2.08. The van der Waals surface area contributed by atoms with Gasteiger partial charge in [-0.05, 0) is 38.7 Å². The summed E-state index contributed by atoms with van der Waals surface area (Å²) in [4.78, 5) is 2.54. The van der Waals surface area contributed by atoms with Crippen molar-refractivity contribution in [3.8, 4) is 20.9 Å². The summed E-state index contributed by atoms with van der Waals surface area (Å²) in [6.45, 7) is 3.79. The van der Waals surface area contributed by atoms with Crippen molar-refractivity contribution in [2.75, 3.05) is 0 Å². The molecule has 0 radical (unpaired) electrons. The number of halogens is 1. The highest BCUT2D eigenvalue weighted by atomic mass is 79.9. The van der Waals surface area contributed by atoms with E-state index in [2.05, 4.69) is 77.1 Å². The molecule has 0 spiro atoms. The highest BCUT2D eigenvalue weighted by Crippen LogP contribution is 2.41. The molecule has 0 saturated carbocycles. The van der Waals surface area contributed by atoms with Crippen LogP contribution in [0.4, 0.5) is 0 Å². The zero-order valence-electron chi connectivity index (χ0n) is 10.8. The average molecular weight is 341 g/mol. The van der Waals surface area contributed by atoms with E-state index < -0.39 is 0 Å². The molecule has 0 atom stereocenters. The highest BCUT2D eigenvalue weighted by molar-refractivity contribution is 9.10. The molecule has 0 N–H and O–H groups in total. The normalized spacial score (nSPS) is 10.4. The van der Waals surface area contributed by atoms with Gasteiger partial charge in [0.1, 0.15) is 0 Å². The van der Waals surface area contributed by atoms with E-state index in [1.54, 1.807) is 11.3 Å². The second-order valence-corrected chi connectivity index (χ2v) is 6.39. The average Bonchev–Trinajstić information content (AvgIpc) is 2.90. The Balaban J connectivity index is 2.02. The lowest BCUT2D eigenvalue weighted by Gasteiger charge is -2.00. The molecular formula is C18H13BrS. The summed E-state index contributed by atoms with van der Waals surface area (Å²) in [6.07, 6.45) is 1.86. The Morgan fingerprint density at radius 1 is 0.900 bits per heavy atom. The number of thiophene rings is 1. The van der Waals surface area contributed by atoms with Gasteiger partial charge >= 0.3 is 0 Å². The van der Waals surface area contributed by atoms with Gasteiger partial charge in [-0.15, -0.1) is 11.3 Å². The SMILES string of the molecule is C=Cc1ccc(-c2sc(-c3ccccc3)cc2Br)cc1. The van der Waals surface area contributed by atoms with Gasteiger partial charge in [0.25, 0.3) is 0 Å². The highest BCUT2D eigenvalue weighted by Gasteiger charge is 2.10. The molecule has 1 aromatic heterocycles. The minimum atomic E-state index is 1.14. The molecule has 2 heteroatoms. The molecule has 0 bridgehead atoms. The van der Waals surface area contributed by atoms with Gasteiger partial charge < -0.3 is 0 Å². The maximum absolute atomic E-state index is 3.79. The van der Waals surface area contributed by atoms with E-state index in [4.69, 9.17) is 0 Å². The standard InChI is InChI=1S/C18H13BrS/c1-2-13-8-10-15(11-9-13)18-16(19)12-17(20-18)14-6-4-3-5-7-14/h2-12H,1H2. The fourth-order valence-corrected chi connectivity index (χ4v) is 3.99. The number of rotatable bonds is 3. The van der Waals surface area contributed by atoms with Gasteiger partial charge in [-0.3, -0.25) is 0 Å². The van der Waals surface area contributed by atoms with Crippen molar-refractivity contribution >= 4 is 33.3 Å². The van der Waals surface area contributed by atoms with E-state index in [1.165, 1.54) is 20.9 Å². The molecule has 2 aromatic carbocycles. The first-order valence-electron chi connectivity index (χ1n) is 6.35. The zero-order valence-corrected chi connectivity index (χ0v) is 13.2. The summed E-state index contributed by atoms with van der Waals surface area (Å²) in [6, 6.07) is 21.1. The minimum Gasteiger partial charge on any atom is -0.134 e. The summed E-state index contributed by atoms with van der Waals surface area (Å²) < 4.78 is 1.15. The summed E-state index contributed by atoms with van der Waals surface area (Å²) in [5.41, 5.74) is 3.63. The van der Waals surface area contributed by atoms with Crippen LogP contribution in [-0.2, 0) is 0 Å². The van der Waals surface area contributed by atoms with Crippen LogP contribution in [0.1, 0.15) is 5.56 Å². The van der Waals surface area contributed by atoms with Crippen molar-refractivity contribution < 1.29 is 0 Å². The lowest BCUT2D eigenvalue weighted by molar-refractivity contribution is 1.64. The Hall–Kier alpha value is -1.64. The summed E-state index contributed by atoms with van der Waals surface area (Å²) in [5, 5.41) is 0. The molecule has 98 valence electrons. The molecule has 0 amide bonds. The van der Waals surface area contributed by atoms with E-state index in [0.717, 1.165) is 10.0 Å². The molecule has 0 aliphatic heterocycles. The second kappa shape index (κ2) is 5.78. The van der Waals surface area contributed by atoms with E-state index in [-0.39, 0.29) is 0 Å². The molecule has 1 heterocycles. The molecule has 0 fully saturated rings. The van der Waals surface area contributed by atoms with E-state index in [1.807, 2.05) is 12.1 Å². The third-order valence-corrected chi connectivity index (χ3v) is 5.27. The second-order valence-electron chi connectivity index (χ2n) is 4.48. The molecule has 0 nitrogen and oxygen atoms in total. The monoisotopic (exact) mass is 340 g/mol. The molecule has 0 unspecified atom stereocenters. The van der Waals surface area contributed by atoms with Gasteiger partial charge in [0.2, 0.25) is 0 Å². The van der Waals surface area contributed by atoms with Gasteiger partial charge in [-0.25, -0.2) is 0 Å².